The average Bonchev–Trinajstić information content (AvgIpc) is 2.41. The number of nitrogens with zero attached hydrogens (tertiary/aromatic N) is 1. The van der Waals surface area contributed by atoms with Crippen molar-refractivity contribution in [2.24, 2.45) is 0 Å². The summed E-state index contributed by atoms with van der Waals surface area (Å²) in [4.78, 5) is 13.9. The lowest BCUT2D eigenvalue weighted by molar-refractivity contribution is -0.123. The van der Waals surface area contributed by atoms with E-state index < -0.39 is 9.96 Å². The molecule has 118 valence electrons. The van der Waals surface area contributed by atoms with Gasteiger partial charge in [0.25, 0.3) is 0 Å². The van der Waals surface area contributed by atoms with Crippen molar-refractivity contribution >= 4 is 40.7 Å². The van der Waals surface area contributed by atoms with Gasteiger partial charge < -0.3 is 10.1 Å². The van der Waals surface area contributed by atoms with Crippen molar-refractivity contribution in [3.05, 3.63) is 0 Å². The average molecular weight is 346 g/mol. The van der Waals surface area contributed by atoms with Gasteiger partial charge in [-0.15, -0.1) is 0 Å². The maximum Gasteiger partial charge on any atom is 0.223 e. The second kappa shape index (κ2) is 9.31. The fourth-order valence-electron chi connectivity index (χ4n) is 2.15. The molecule has 0 aliphatic carbocycles. The monoisotopic (exact) mass is 344 g/mol. The number of hydrogen-bond acceptors (Lipinski definition) is 3. The maximum atomic E-state index is 12.0. The van der Waals surface area contributed by atoms with Crippen LogP contribution in [0.2, 0.25) is 0 Å². The molecule has 0 unspecified atom stereocenters. The molecule has 0 aromatic rings. The molecule has 0 aromatic heterocycles. The van der Waals surface area contributed by atoms with Crippen LogP contribution in [0.1, 0.15) is 39.0 Å². The zero-order valence-electron chi connectivity index (χ0n) is 11.8. The Kier molecular flexibility index (Phi) is 8.53. The quantitative estimate of drug-likeness (QED) is 0.569. The third-order valence-corrected chi connectivity index (χ3v) is 3.90. The van der Waals surface area contributed by atoms with Crippen LogP contribution in [0.25, 0.3) is 0 Å². The molecule has 20 heavy (non-hydrogen) atoms. The Bertz CT molecular complexity index is 292. The number of carbonyl (C=O) groups is 1. The molecule has 1 aliphatic rings. The van der Waals surface area contributed by atoms with Gasteiger partial charge in [0.2, 0.25) is 9.70 Å². The van der Waals surface area contributed by atoms with Gasteiger partial charge in [-0.25, -0.2) is 0 Å². The van der Waals surface area contributed by atoms with Crippen LogP contribution in [0.15, 0.2) is 0 Å². The van der Waals surface area contributed by atoms with Crippen LogP contribution < -0.4 is 5.32 Å². The largest absolute Gasteiger partial charge is 0.379 e. The second-order valence-electron chi connectivity index (χ2n) is 4.97. The van der Waals surface area contributed by atoms with Crippen molar-refractivity contribution < 1.29 is 9.53 Å². The van der Waals surface area contributed by atoms with Gasteiger partial charge in [0.15, 0.2) is 0 Å². The maximum absolute atomic E-state index is 12.0. The SMILES string of the molecule is CCCCCCC(=O)N[C@H](N1CCOCC1)C(Cl)(Cl)Cl. The summed E-state index contributed by atoms with van der Waals surface area (Å²) in [6.45, 7) is 4.61. The van der Waals surface area contributed by atoms with Gasteiger partial charge in [-0.3, -0.25) is 9.69 Å². The highest BCUT2D eigenvalue weighted by molar-refractivity contribution is 6.68. The lowest BCUT2D eigenvalue weighted by atomic mass is 10.1. The Balaban J connectivity index is 2.45. The molecule has 1 fully saturated rings. The van der Waals surface area contributed by atoms with Crippen molar-refractivity contribution in [2.45, 2.75) is 49.0 Å². The molecule has 1 rings (SSSR count). The predicted octanol–water partition coefficient (Wildman–Crippen LogP) is 3.10. The van der Waals surface area contributed by atoms with E-state index in [1.165, 1.54) is 0 Å². The van der Waals surface area contributed by atoms with E-state index in [2.05, 4.69) is 12.2 Å². The van der Waals surface area contributed by atoms with Crippen LogP contribution in [-0.2, 0) is 9.53 Å². The minimum absolute atomic E-state index is 0.0658. The number of hydrogen-bond donors (Lipinski definition) is 1. The standard InChI is InChI=1S/C13H23Cl3N2O2/c1-2-3-4-5-6-11(19)17-12(13(14,15)16)18-7-9-20-10-8-18/h12H,2-10H2,1H3,(H,17,19)/t12-/m1/s1. The van der Waals surface area contributed by atoms with Gasteiger partial charge in [0, 0.05) is 19.5 Å². The van der Waals surface area contributed by atoms with E-state index in [9.17, 15) is 4.79 Å². The lowest BCUT2D eigenvalue weighted by Crippen LogP contribution is -2.58. The first-order valence-corrected chi connectivity index (χ1v) is 8.26. The lowest BCUT2D eigenvalue weighted by Gasteiger charge is -2.38. The molecule has 0 saturated carbocycles. The highest BCUT2D eigenvalue weighted by atomic mass is 35.6. The topological polar surface area (TPSA) is 41.6 Å². The Labute approximate surface area is 136 Å². The fourth-order valence-corrected chi connectivity index (χ4v) is 2.73. The van der Waals surface area contributed by atoms with Crippen LogP contribution in [0.4, 0.5) is 0 Å². The Morgan fingerprint density at radius 3 is 2.45 bits per heavy atom. The summed E-state index contributed by atoms with van der Waals surface area (Å²) >= 11 is 18.0. The Hall–Kier alpha value is 0.260. The molecule has 0 aromatic carbocycles. The summed E-state index contributed by atoms with van der Waals surface area (Å²) in [6.07, 6.45) is 4.09. The second-order valence-corrected chi connectivity index (χ2v) is 7.34. The van der Waals surface area contributed by atoms with E-state index in [4.69, 9.17) is 39.5 Å². The molecule has 1 saturated heterocycles. The zero-order valence-corrected chi connectivity index (χ0v) is 14.1. The minimum atomic E-state index is -1.55. The molecule has 1 heterocycles. The number of nitrogens with one attached hydrogen (secondary N) is 1. The first kappa shape index (κ1) is 18.3. The van der Waals surface area contributed by atoms with Gasteiger partial charge in [0.05, 0.1) is 13.2 Å². The van der Waals surface area contributed by atoms with Crippen molar-refractivity contribution in [3.63, 3.8) is 0 Å². The predicted molar refractivity (Wildman–Crippen MR) is 83.4 cm³/mol. The van der Waals surface area contributed by atoms with Crippen LogP contribution in [0, 0.1) is 0 Å². The number of carbonyl (C=O) groups excluding carboxylic acids is 1. The van der Waals surface area contributed by atoms with E-state index in [1.807, 2.05) is 4.90 Å². The number of alkyl halides is 3. The zero-order chi connectivity index (χ0) is 15.0. The number of ether oxygens (including phenoxy) is 1. The molecule has 0 radical (unpaired) electrons. The molecule has 0 spiro atoms. The normalized spacial score (nSPS) is 18.8. The third kappa shape index (κ3) is 6.81. The molecule has 1 atom stereocenters. The van der Waals surface area contributed by atoms with Gasteiger partial charge in [-0.1, -0.05) is 61.0 Å². The molecule has 7 heteroatoms. The van der Waals surface area contributed by atoms with Crippen molar-refractivity contribution in [2.75, 3.05) is 26.3 Å². The van der Waals surface area contributed by atoms with Gasteiger partial charge in [0.1, 0.15) is 6.17 Å². The van der Waals surface area contributed by atoms with Crippen LogP contribution in [0.5, 0.6) is 0 Å². The number of amides is 1. The molecule has 1 N–H and O–H groups in total. The van der Waals surface area contributed by atoms with Gasteiger partial charge in [-0.2, -0.15) is 0 Å². The number of unbranched alkanes of at least 4 members (excludes halogenated alkanes) is 3. The molecular weight excluding hydrogens is 323 g/mol. The summed E-state index contributed by atoms with van der Waals surface area (Å²) in [7, 11) is 0. The first-order valence-electron chi connectivity index (χ1n) is 7.13. The molecule has 4 nitrogen and oxygen atoms in total. The Morgan fingerprint density at radius 1 is 1.25 bits per heavy atom. The molecule has 1 aliphatic heterocycles. The summed E-state index contributed by atoms with van der Waals surface area (Å²) in [5.74, 6) is -0.0658. The highest BCUT2D eigenvalue weighted by Crippen LogP contribution is 2.32. The van der Waals surface area contributed by atoms with E-state index in [-0.39, 0.29) is 5.91 Å². The first-order chi connectivity index (χ1) is 9.45. The minimum Gasteiger partial charge on any atom is -0.379 e. The van der Waals surface area contributed by atoms with E-state index in [1.54, 1.807) is 0 Å². The van der Waals surface area contributed by atoms with E-state index >= 15 is 0 Å². The smallest absolute Gasteiger partial charge is 0.223 e. The highest BCUT2D eigenvalue weighted by Gasteiger charge is 2.38. The van der Waals surface area contributed by atoms with Gasteiger partial charge >= 0.3 is 0 Å². The number of rotatable bonds is 7. The fraction of sp³-hybridized carbons (Fsp3) is 0.923. The van der Waals surface area contributed by atoms with Gasteiger partial charge in [-0.05, 0) is 6.42 Å². The number of morpholine rings is 1. The summed E-state index contributed by atoms with van der Waals surface area (Å²) in [5, 5.41) is 2.84. The van der Waals surface area contributed by atoms with Crippen LogP contribution >= 0.6 is 34.8 Å². The molecule has 0 bridgehead atoms. The van der Waals surface area contributed by atoms with Crippen molar-refractivity contribution in [1.29, 1.82) is 0 Å². The summed E-state index contributed by atoms with van der Waals surface area (Å²) in [5.41, 5.74) is 0. The number of halogens is 3. The molecule has 1 amide bonds. The Morgan fingerprint density at radius 2 is 1.90 bits per heavy atom. The van der Waals surface area contributed by atoms with Crippen LogP contribution in [0.3, 0.4) is 0 Å². The van der Waals surface area contributed by atoms with E-state index in [0.29, 0.717) is 32.7 Å². The van der Waals surface area contributed by atoms with E-state index in [0.717, 1.165) is 25.7 Å². The summed E-state index contributed by atoms with van der Waals surface area (Å²) in [6, 6.07) is 0. The summed E-state index contributed by atoms with van der Waals surface area (Å²) < 4.78 is 3.73. The molecular formula is C13H23Cl3N2O2. The van der Waals surface area contributed by atoms with Crippen LogP contribution in [-0.4, -0.2) is 47.1 Å². The third-order valence-electron chi connectivity index (χ3n) is 3.28. The van der Waals surface area contributed by atoms with Crippen molar-refractivity contribution in [3.8, 4) is 0 Å². The van der Waals surface area contributed by atoms with Crippen molar-refractivity contribution in [1.82, 2.24) is 10.2 Å².